The number of hydrogen-bond donors (Lipinski definition) is 3. The molecule has 5 heterocycles. The topological polar surface area (TPSA) is 135 Å². The van der Waals surface area contributed by atoms with Gasteiger partial charge in [0.2, 0.25) is 0 Å². The van der Waals surface area contributed by atoms with Gasteiger partial charge in [0.1, 0.15) is 33.5 Å². The Hall–Kier alpha value is -3.59. The Morgan fingerprint density at radius 1 is 1.21 bits per heavy atom. The van der Waals surface area contributed by atoms with Crippen molar-refractivity contribution in [1.82, 2.24) is 44.3 Å². The lowest BCUT2D eigenvalue weighted by atomic mass is 10.0. The fourth-order valence-corrected chi connectivity index (χ4v) is 6.00. The molecular formula is C23H19ClFN9O2S2. The third-order valence-electron chi connectivity index (χ3n) is 6.23. The summed E-state index contributed by atoms with van der Waals surface area (Å²) in [5, 5.41) is 10.0. The monoisotopic (exact) mass is 571 g/mol. The molecule has 15 heteroatoms. The largest absolute Gasteiger partial charge is 0.346 e. The van der Waals surface area contributed by atoms with E-state index in [1.54, 1.807) is 34.8 Å². The Kier molecular flexibility index (Phi) is 6.69. The molecule has 1 amide bonds. The molecule has 1 fully saturated rings. The van der Waals surface area contributed by atoms with Crippen molar-refractivity contribution in [2.24, 2.45) is 0 Å². The number of amides is 1. The SMILES string of the molecule is O=[SH]N1C[C@H](NC(=O)c2ncc(Cl)s2)C[C@H](n2c(-c3ccccc3F)nc3cnc(-c4nc[nH]n4)cc32)C1. The van der Waals surface area contributed by atoms with Crippen LogP contribution in [-0.2, 0) is 11.9 Å². The summed E-state index contributed by atoms with van der Waals surface area (Å²) < 4.78 is 31.0. The summed E-state index contributed by atoms with van der Waals surface area (Å²) >= 11 is 6.83. The first-order valence-electron chi connectivity index (χ1n) is 11.5. The number of nitrogens with one attached hydrogen (secondary N) is 2. The van der Waals surface area contributed by atoms with E-state index in [1.807, 2.05) is 4.57 Å². The van der Waals surface area contributed by atoms with Crippen molar-refractivity contribution in [2.45, 2.75) is 18.5 Å². The zero-order valence-corrected chi connectivity index (χ0v) is 21.9. The minimum atomic E-state index is -0.425. The van der Waals surface area contributed by atoms with Crippen LogP contribution in [0.15, 0.2) is 49.1 Å². The summed E-state index contributed by atoms with van der Waals surface area (Å²) in [5.41, 5.74) is 2.07. The van der Waals surface area contributed by atoms with Crippen molar-refractivity contribution in [2.75, 3.05) is 13.1 Å². The summed E-state index contributed by atoms with van der Waals surface area (Å²) in [6.07, 6.45) is 4.95. The van der Waals surface area contributed by atoms with Gasteiger partial charge < -0.3 is 9.88 Å². The summed E-state index contributed by atoms with van der Waals surface area (Å²) in [4.78, 5) is 30.2. The second-order valence-electron chi connectivity index (χ2n) is 8.65. The fourth-order valence-electron chi connectivity index (χ4n) is 4.67. The minimum Gasteiger partial charge on any atom is -0.346 e. The average molecular weight is 572 g/mol. The third-order valence-corrected chi connectivity index (χ3v) is 7.90. The molecule has 2 atom stereocenters. The number of carbonyl (C=O) groups excluding carboxylic acids is 1. The van der Waals surface area contributed by atoms with Crippen LogP contribution >= 0.6 is 22.9 Å². The molecule has 11 nitrogen and oxygen atoms in total. The molecule has 0 unspecified atom stereocenters. The quantitative estimate of drug-likeness (QED) is 0.267. The second kappa shape index (κ2) is 10.3. The molecule has 1 saturated heterocycles. The van der Waals surface area contributed by atoms with Crippen LogP contribution in [0.3, 0.4) is 0 Å². The summed E-state index contributed by atoms with van der Waals surface area (Å²) in [5.74, 6) is 0.0169. The van der Waals surface area contributed by atoms with Crippen LogP contribution in [0.5, 0.6) is 0 Å². The first-order chi connectivity index (χ1) is 18.5. The molecule has 0 spiro atoms. The van der Waals surface area contributed by atoms with E-state index in [4.69, 9.17) is 16.6 Å². The van der Waals surface area contributed by atoms with E-state index in [1.165, 1.54) is 18.6 Å². The number of halogens is 2. The molecule has 4 aromatic heterocycles. The normalized spacial score (nSPS) is 18.2. The number of fused-ring (bicyclic) bond motifs is 1. The van der Waals surface area contributed by atoms with Gasteiger partial charge in [0.15, 0.2) is 10.8 Å². The van der Waals surface area contributed by atoms with Crippen LogP contribution in [0.4, 0.5) is 4.39 Å². The predicted octanol–water partition coefficient (Wildman–Crippen LogP) is 3.04. The maximum Gasteiger partial charge on any atom is 0.280 e. The van der Waals surface area contributed by atoms with Crippen molar-refractivity contribution >= 4 is 51.7 Å². The van der Waals surface area contributed by atoms with Gasteiger partial charge >= 0.3 is 0 Å². The number of H-pyrrole nitrogens is 1. The third kappa shape index (κ3) is 4.71. The van der Waals surface area contributed by atoms with Crippen molar-refractivity contribution in [3.05, 3.63) is 64.2 Å². The highest BCUT2D eigenvalue weighted by molar-refractivity contribution is 7.63. The standard InChI is InChI=1S/C23H19ClFN9O2S2/c24-19-8-27-23(37-19)22(35)30-12-5-13(10-33(9-12)38-36)34-18-6-16(20-28-11-29-32-20)26-7-17(18)31-21(34)14-3-1-2-4-15(14)25/h1-4,6-8,11-13,38H,5,9-10H2,(H,30,35)(H,28,29,32)/t12-,13+/m1/s1. The van der Waals surface area contributed by atoms with E-state index < -0.39 is 5.82 Å². The maximum absolute atomic E-state index is 15.0. The number of carbonyl (C=O) groups is 1. The van der Waals surface area contributed by atoms with Gasteiger partial charge in [-0.15, -0.1) is 0 Å². The Bertz CT molecular complexity index is 1640. The van der Waals surface area contributed by atoms with Crippen LogP contribution in [0.2, 0.25) is 4.34 Å². The summed E-state index contributed by atoms with van der Waals surface area (Å²) in [6.45, 7) is 0.740. The van der Waals surface area contributed by atoms with Gasteiger partial charge in [-0.05, 0) is 24.6 Å². The number of piperidine rings is 1. The summed E-state index contributed by atoms with van der Waals surface area (Å²) in [7, 11) is 0. The van der Waals surface area contributed by atoms with E-state index in [2.05, 4.69) is 30.5 Å². The molecule has 0 saturated carbocycles. The number of thiol groups is 1. The number of pyridine rings is 1. The molecule has 1 aliphatic rings. The van der Waals surface area contributed by atoms with Crippen LogP contribution in [0.25, 0.3) is 33.9 Å². The van der Waals surface area contributed by atoms with Crippen molar-refractivity contribution in [3.63, 3.8) is 0 Å². The Morgan fingerprint density at radius 2 is 2.08 bits per heavy atom. The van der Waals surface area contributed by atoms with E-state index in [0.29, 0.717) is 57.8 Å². The average Bonchev–Trinajstić information content (AvgIpc) is 3.68. The number of aromatic amines is 1. The molecule has 0 radical (unpaired) electrons. The molecule has 2 N–H and O–H groups in total. The number of imidazole rings is 1. The molecule has 0 aliphatic carbocycles. The first kappa shape index (κ1) is 24.7. The molecule has 194 valence electrons. The van der Waals surface area contributed by atoms with Crippen molar-refractivity contribution in [3.8, 4) is 22.9 Å². The van der Waals surface area contributed by atoms with Crippen LogP contribution < -0.4 is 5.32 Å². The number of nitrogens with zero attached hydrogens (tertiary/aromatic N) is 7. The second-order valence-corrected chi connectivity index (χ2v) is 11.0. The molecule has 38 heavy (non-hydrogen) atoms. The minimum absolute atomic E-state index is 0.193. The van der Waals surface area contributed by atoms with Crippen molar-refractivity contribution in [1.29, 1.82) is 0 Å². The van der Waals surface area contributed by atoms with E-state index in [0.717, 1.165) is 11.3 Å². The lowest BCUT2D eigenvalue weighted by Gasteiger charge is -2.36. The molecule has 0 bridgehead atoms. The lowest BCUT2D eigenvalue weighted by Crippen LogP contribution is -2.50. The van der Waals surface area contributed by atoms with E-state index >= 15 is 4.39 Å². The number of hydrogen-bond acceptors (Lipinski definition) is 8. The Labute approximate surface area is 227 Å². The number of benzene rings is 1. The van der Waals surface area contributed by atoms with Gasteiger partial charge in [0.25, 0.3) is 5.91 Å². The summed E-state index contributed by atoms with van der Waals surface area (Å²) in [6, 6.07) is 7.50. The molecule has 1 aromatic carbocycles. The highest BCUT2D eigenvalue weighted by atomic mass is 35.5. The smallest absolute Gasteiger partial charge is 0.280 e. The van der Waals surface area contributed by atoms with Crippen molar-refractivity contribution < 1.29 is 13.4 Å². The Morgan fingerprint density at radius 3 is 2.82 bits per heavy atom. The van der Waals surface area contributed by atoms with Crippen LogP contribution in [-0.4, -0.2) is 68.3 Å². The Balaban J connectivity index is 1.44. The van der Waals surface area contributed by atoms with Gasteiger partial charge in [0, 0.05) is 19.1 Å². The van der Waals surface area contributed by atoms with Gasteiger partial charge in [-0.1, -0.05) is 35.1 Å². The van der Waals surface area contributed by atoms with E-state index in [-0.39, 0.29) is 34.9 Å². The van der Waals surface area contributed by atoms with Gasteiger partial charge in [0.05, 0.1) is 41.4 Å². The zero-order chi connectivity index (χ0) is 26.2. The highest BCUT2D eigenvalue weighted by Gasteiger charge is 2.33. The molecule has 1 aliphatic heterocycles. The highest BCUT2D eigenvalue weighted by Crippen LogP contribution is 2.34. The fraction of sp³-hybridized carbons (Fsp3) is 0.217. The number of aromatic nitrogens is 7. The number of rotatable bonds is 6. The first-order valence-corrected chi connectivity index (χ1v) is 13.5. The van der Waals surface area contributed by atoms with Gasteiger partial charge in [-0.3, -0.25) is 14.9 Å². The lowest BCUT2D eigenvalue weighted by molar-refractivity contribution is 0.0912. The zero-order valence-electron chi connectivity index (χ0n) is 19.5. The number of thiazole rings is 1. The molecular weight excluding hydrogens is 553 g/mol. The van der Waals surface area contributed by atoms with E-state index in [9.17, 15) is 9.00 Å². The van der Waals surface area contributed by atoms with Crippen LogP contribution in [0, 0.1) is 5.82 Å². The molecule has 6 rings (SSSR count). The van der Waals surface area contributed by atoms with Gasteiger partial charge in [-0.25, -0.2) is 27.9 Å². The van der Waals surface area contributed by atoms with Crippen LogP contribution in [0.1, 0.15) is 22.3 Å². The maximum atomic E-state index is 15.0. The molecule has 5 aromatic rings. The predicted molar refractivity (Wildman–Crippen MR) is 141 cm³/mol. The van der Waals surface area contributed by atoms with Gasteiger partial charge in [-0.2, -0.15) is 5.10 Å².